The van der Waals surface area contributed by atoms with Crippen molar-refractivity contribution in [2.75, 3.05) is 13.1 Å². The highest BCUT2D eigenvalue weighted by molar-refractivity contribution is 5.26. The maximum absolute atomic E-state index is 5.31. The van der Waals surface area contributed by atoms with E-state index in [2.05, 4.69) is 26.9 Å². The molecule has 1 saturated heterocycles. The predicted molar refractivity (Wildman–Crippen MR) is 76.9 cm³/mol. The van der Waals surface area contributed by atoms with Crippen LogP contribution in [0.3, 0.4) is 0 Å². The highest BCUT2D eigenvalue weighted by Crippen LogP contribution is 2.31. The third-order valence-corrected chi connectivity index (χ3v) is 4.38. The average molecular weight is 274 g/mol. The molecule has 0 aliphatic carbocycles. The second-order valence-corrected chi connectivity index (χ2v) is 5.66. The van der Waals surface area contributed by atoms with Crippen LogP contribution in [0.25, 0.3) is 0 Å². The summed E-state index contributed by atoms with van der Waals surface area (Å²) in [6, 6.07) is 0.216. The molecule has 1 aliphatic heterocycles. The van der Waals surface area contributed by atoms with Crippen LogP contribution in [-0.4, -0.2) is 27.8 Å². The molecule has 3 rings (SSSR count). The molecule has 1 fully saturated rings. The number of hydrogen-bond donors (Lipinski definition) is 1. The molecule has 0 bridgehead atoms. The van der Waals surface area contributed by atoms with Crippen molar-refractivity contribution in [2.45, 2.75) is 45.6 Å². The summed E-state index contributed by atoms with van der Waals surface area (Å²) in [5.41, 5.74) is 3.48. The first-order chi connectivity index (χ1) is 9.68. The molecule has 2 aromatic rings. The predicted octanol–water partition coefficient (Wildman–Crippen LogP) is 2.56. The molecule has 5 nitrogen and oxygen atoms in total. The quantitative estimate of drug-likeness (QED) is 0.934. The Balaban J connectivity index is 1.92. The first-order valence-electron chi connectivity index (χ1n) is 7.33. The lowest BCUT2D eigenvalue weighted by Gasteiger charge is -2.26. The van der Waals surface area contributed by atoms with Gasteiger partial charge in [-0.2, -0.15) is 0 Å². The number of imidazole rings is 1. The van der Waals surface area contributed by atoms with Crippen LogP contribution in [0.4, 0.5) is 0 Å². The van der Waals surface area contributed by atoms with E-state index in [0.29, 0.717) is 5.92 Å². The van der Waals surface area contributed by atoms with E-state index < -0.39 is 0 Å². The number of nitrogens with one attached hydrogen (secondary N) is 1. The number of nitrogens with zero attached hydrogens (tertiary/aromatic N) is 3. The summed E-state index contributed by atoms with van der Waals surface area (Å²) in [5.74, 6) is 1.50. The Labute approximate surface area is 119 Å². The number of aryl methyl sites for hydroxylation is 2. The van der Waals surface area contributed by atoms with Gasteiger partial charge in [-0.3, -0.25) is 0 Å². The molecule has 1 unspecified atom stereocenters. The number of hydrogen-bond acceptors (Lipinski definition) is 4. The fourth-order valence-corrected chi connectivity index (χ4v) is 3.30. The van der Waals surface area contributed by atoms with Gasteiger partial charge in [-0.25, -0.2) is 4.98 Å². The fourth-order valence-electron chi connectivity index (χ4n) is 3.30. The van der Waals surface area contributed by atoms with Crippen molar-refractivity contribution < 1.29 is 4.52 Å². The molecule has 0 spiro atoms. The Morgan fingerprint density at radius 3 is 2.75 bits per heavy atom. The minimum absolute atomic E-state index is 0.216. The van der Waals surface area contributed by atoms with Crippen LogP contribution in [0.5, 0.6) is 0 Å². The van der Waals surface area contributed by atoms with Gasteiger partial charge in [-0.05, 0) is 46.7 Å². The Kier molecular flexibility index (Phi) is 3.61. The van der Waals surface area contributed by atoms with E-state index in [1.54, 1.807) is 0 Å². The lowest BCUT2D eigenvalue weighted by Crippen LogP contribution is -2.28. The molecule has 20 heavy (non-hydrogen) atoms. The van der Waals surface area contributed by atoms with Crippen LogP contribution >= 0.6 is 0 Å². The minimum Gasteiger partial charge on any atom is -0.361 e. The summed E-state index contributed by atoms with van der Waals surface area (Å²) in [6.45, 7) is 8.36. The summed E-state index contributed by atoms with van der Waals surface area (Å²) < 4.78 is 7.59. The summed E-state index contributed by atoms with van der Waals surface area (Å²) in [7, 11) is 0. The molecule has 0 aromatic carbocycles. The Hall–Kier alpha value is -1.62. The van der Waals surface area contributed by atoms with Crippen LogP contribution in [0.15, 0.2) is 17.0 Å². The van der Waals surface area contributed by atoms with Crippen molar-refractivity contribution in [1.29, 1.82) is 0 Å². The Morgan fingerprint density at radius 2 is 2.10 bits per heavy atom. The third-order valence-electron chi connectivity index (χ3n) is 4.38. The molecular weight excluding hydrogens is 252 g/mol. The van der Waals surface area contributed by atoms with Crippen LogP contribution in [-0.2, 0) is 0 Å². The second-order valence-electron chi connectivity index (χ2n) is 5.66. The number of rotatable bonds is 3. The third kappa shape index (κ3) is 2.26. The van der Waals surface area contributed by atoms with Crippen molar-refractivity contribution in [3.63, 3.8) is 0 Å². The zero-order valence-corrected chi connectivity index (χ0v) is 12.4. The van der Waals surface area contributed by atoms with Gasteiger partial charge in [0.2, 0.25) is 0 Å². The molecule has 1 atom stereocenters. The molecule has 0 radical (unpaired) electrons. The molecular formula is C15H22N4O. The largest absolute Gasteiger partial charge is 0.361 e. The minimum atomic E-state index is 0.216. The maximum atomic E-state index is 5.31. The van der Waals surface area contributed by atoms with Crippen molar-refractivity contribution in [3.8, 4) is 0 Å². The monoisotopic (exact) mass is 274 g/mol. The topological polar surface area (TPSA) is 55.9 Å². The molecule has 2 aromatic heterocycles. The van der Waals surface area contributed by atoms with Gasteiger partial charge in [0.05, 0.1) is 18.1 Å². The van der Waals surface area contributed by atoms with E-state index in [1.165, 1.54) is 24.1 Å². The average Bonchev–Trinajstić information content (AvgIpc) is 3.07. The van der Waals surface area contributed by atoms with Crippen LogP contribution < -0.4 is 5.32 Å². The van der Waals surface area contributed by atoms with Crippen molar-refractivity contribution in [3.05, 3.63) is 35.2 Å². The molecule has 5 heteroatoms. The highest BCUT2D eigenvalue weighted by Gasteiger charge is 2.24. The molecule has 0 saturated carbocycles. The Morgan fingerprint density at radius 1 is 1.35 bits per heavy atom. The van der Waals surface area contributed by atoms with E-state index in [9.17, 15) is 0 Å². The molecule has 108 valence electrons. The van der Waals surface area contributed by atoms with E-state index in [0.717, 1.165) is 24.5 Å². The smallest absolute Gasteiger partial charge is 0.139 e. The van der Waals surface area contributed by atoms with Crippen molar-refractivity contribution >= 4 is 0 Å². The summed E-state index contributed by atoms with van der Waals surface area (Å²) in [4.78, 5) is 4.38. The fraction of sp³-hybridized carbons (Fsp3) is 0.600. The molecule has 0 amide bonds. The standard InChI is InChI=1S/C15H22N4O/c1-10-15(12(3)20-18-10)11(2)19-9-17-8-14(19)13-4-6-16-7-5-13/h8-9,11,13,16H,4-7H2,1-3H3. The maximum Gasteiger partial charge on any atom is 0.139 e. The number of piperidine rings is 1. The summed E-state index contributed by atoms with van der Waals surface area (Å²) in [5, 5.41) is 7.49. The van der Waals surface area contributed by atoms with Gasteiger partial charge in [0.15, 0.2) is 0 Å². The normalized spacial score (nSPS) is 18.4. The first-order valence-corrected chi connectivity index (χ1v) is 7.33. The van der Waals surface area contributed by atoms with Crippen LogP contribution in [0.1, 0.15) is 54.4 Å². The lowest BCUT2D eigenvalue weighted by atomic mass is 9.94. The Bertz CT molecular complexity index is 561. The zero-order chi connectivity index (χ0) is 14.1. The van der Waals surface area contributed by atoms with Gasteiger partial charge in [0.25, 0.3) is 0 Å². The SMILES string of the molecule is Cc1noc(C)c1C(C)n1cncc1C1CCNCC1. The van der Waals surface area contributed by atoms with Gasteiger partial charge in [0.1, 0.15) is 5.76 Å². The molecule has 1 N–H and O–H groups in total. The van der Waals surface area contributed by atoms with Gasteiger partial charge >= 0.3 is 0 Å². The molecule has 1 aliphatic rings. The number of aromatic nitrogens is 3. The van der Waals surface area contributed by atoms with Crippen LogP contribution in [0.2, 0.25) is 0 Å². The van der Waals surface area contributed by atoms with E-state index in [1.807, 2.05) is 26.4 Å². The van der Waals surface area contributed by atoms with Crippen molar-refractivity contribution in [1.82, 2.24) is 20.0 Å². The van der Waals surface area contributed by atoms with E-state index >= 15 is 0 Å². The summed E-state index contributed by atoms with van der Waals surface area (Å²) in [6.07, 6.45) is 6.32. The first kappa shape index (κ1) is 13.4. The van der Waals surface area contributed by atoms with Gasteiger partial charge in [0, 0.05) is 23.4 Å². The highest BCUT2D eigenvalue weighted by atomic mass is 16.5. The van der Waals surface area contributed by atoms with Gasteiger partial charge < -0.3 is 14.4 Å². The second kappa shape index (κ2) is 5.40. The summed E-state index contributed by atoms with van der Waals surface area (Å²) >= 11 is 0. The van der Waals surface area contributed by atoms with E-state index in [-0.39, 0.29) is 6.04 Å². The lowest BCUT2D eigenvalue weighted by molar-refractivity contribution is 0.390. The van der Waals surface area contributed by atoms with Gasteiger partial charge in [-0.1, -0.05) is 5.16 Å². The van der Waals surface area contributed by atoms with E-state index in [4.69, 9.17) is 4.52 Å². The molecule has 3 heterocycles. The zero-order valence-electron chi connectivity index (χ0n) is 12.4. The van der Waals surface area contributed by atoms with Crippen molar-refractivity contribution in [2.24, 2.45) is 0 Å². The van der Waals surface area contributed by atoms with Gasteiger partial charge in [-0.15, -0.1) is 0 Å². The van der Waals surface area contributed by atoms with Crippen LogP contribution in [0, 0.1) is 13.8 Å².